The molecule has 1 saturated heterocycles. The number of amides is 1. The van der Waals surface area contributed by atoms with Crippen LogP contribution in [-0.4, -0.2) is 51.7 Å². The monoisotopic (exact) mass is 388 g/mol. The summed E-state index contributed by atoms with van der Waals surface area (Å²) in [5.41, 5.74) is 2.29. The summed E-state index contributed by atoms with van der Waals surface area (Å²) in [4.78, 5) is 14.1. The Balaban J connectivity index is 1.56. The molecule has 0 aromatic heterocycles. The first-order valence-corrected chi connectivity index (χ1v) is 10.5. The predicted molar refractivity (Wildman–Crippen MR) is 106 cm³/mol. The van der Waals surface area contributed by atoms with Crippen molar-refractivity contribution in [2.75, 3.05) is 36.8 Å². The fraction of sp³-hybridized carbons (Fsp3) is 0.350. The molecular weight excluding hydrogens is 364 g/mol. The third-order valence-electron chi connectivity index (χ3n) is 4.56. The highest BCUT2D eigenvalue weighted by Gasteiger charge is 2.28. The first kappa shape index (κ1) is 19.2. The Morgan fingerprint density at radius 1 is 1.11 bits per heavy atom. The van der Waals surface area contributed by atoms with Crippen molar-refractivity contribution in [3.63, 3.8) is 0 Å². The number of likely N-dealkylation sites (N-methyl/N-ethyl adjacent to an activating group) is 1. The van der Waals surface area contributed by atoms with Gasteiger partial charge in [0.1, 0.15) is 12.4 Å². The first-order chi connectivity index (χ1) is 12.9. The fourth-order valence-electron chi connectivity index (χ4n) is 2.96. The summed E-state index contributed by atoms with van der Waals surface area (Å²) in [6.07, 6.45) is 0.632. The van der Waals surface area contributed by atoms with E-state index in [4.69, 9.17) is 4.74 Å². The molecule has 2 aromatic carbocycles. The van der Waals surface area contributed by atoms with Crippen LogP contribution in [0.1, 0.15) is 22.3 Å². The standard InChI is InChI=1S/C20H24N2O4S/c1-16-4-10-19(11-5-16)26-14-13-21(2)20(23)17-6-8-18(9-7-17)22-12-3-15-27(22,24)25/h4-11H,3,12-15H2,1-2H3. The number of hydrogen-bond donors (Lipinski definition) is 0. The minimum absolute atomic E-state index is 0.127. The molecule has 3 rings (SSSR count). The average Bonchev–Trinajstić information content (AvgIpc) is 3.02. The van der Waals surface area contributed by atoms with Crippen LogP contribution >= 0.6 is 0 Å². The van der Waals surface area contributed by atoms with Crippen molar-refractivity contribution in [2.24, 2.45) is 0 Å². The van der Waals surface area contributed by atoms with Crippen molar-refractivity contribution in [1.29, 1.82) is 0 Å². The van der Waals surface area contributed by atoms with E-state index < -0.39 is 10.0 Å². The van der Waals surface area contributed by atoms with Gasteiger partial charge in [0.15, 0.2) is 0 Å². The third-order valence-corrected chi connectivity index (χ3v) is 6.43. The number of hydrogen-bond acceptors (Lipinski definition) is 4. The maximum Gasteiger partial charge on any atom is 0.253 e. The largest absolute Gasteiger partial charge is 0.492 e. The molecule has 0 radical (unpaired) electrons. The normalized spacial score (nSPS) is 15.6. The van der Waals surface area contributed by atoms with Gasteiger partial charge >= 0.3 is 0 Å². The van der Waals surface area contributed by atoms with Gasteiger partial charge in [0, 0.05) is 19.2 Å². The van der Waals surface area contributed by atoms with Gasteiger partial charge in [-0.15, -0.1) is 0 Å². The van der Waals surface area contributed by atoms with E-state index >= 15 is 0 Å². The molecule has 0 aliphatic carbocycles. The molecule has 0 spiro atoms. The highest BCUT2D eigenvalue weighted by molar-refractivity contribution is 7.93. The molecule has 0 saturated carbocycles. The predicted octanol–water partition coefficient (Wildman–Crippen LogP) is 2.69. The van der Waals surface area contributed by atoms with Crippen LogP contribution in [-0.2, 0) is 10.0 Å². The van der Waals surface area contributed by atoms with Crippen LogP contribution in [0.3, 0.4) is 0 Å². The summed E-state index contributed by atoms with van der Waals surface area (Å²) in [6, 6.07) is 14.5. The Hall–Kier alpha value is -2.54. The molecule has 1 aliphatic heterocycles. The number of ether oxygens (including phenoxy) is 1. The van der Waals surface area contributed by atoms with Crippen LogP contribution in [0.25, 0.3) is 0 Å². The van der Waals surface area contributed by atoms with Crippen LogP contribution in [0.15, 0.2) is 48.5 Å². The number of benzene rings is 2. The van der Waals surface area contributed by atoms with Gasteiger partial charge in [0.25, 0.3) is 5.91 Å². The molecule has 7 heteroatoms. The molecule has 2 aromatic rings. The van der Waals surface area contributed by atoms with Gasteiger partial charge in [-0.05, 0) is 49.7 Å². The smallest absolute Gasteiger partial charge is 0.253 e. The zero-order valence-electron chi connectivity index (χ0n) is 15.6. The van der Waals surface area contributed by atoms with Crippen molar-refractivity contribution in [2.45, 2.75) is 13.3 Å². The molecular formula is C20H24N2O4S. The summed E-state index contributed by atoms with van der Waals surface area (Å²) >= 11 is 0. The number of carbonyl (C=O) groups excluding carboxylic acids is 1. The molecule has 0 atom stereocenters. The highest BCUT2D eigenvalue weighted by Crippen LogP contribution is 2.24. The molecule has 144 valence electrons. The summed E-state index contributed by atoms with van der Waals surface area (Å²) in [6.45, 7) is 3.36. The number of sulfonamides is 1. The molecule has 6 nitrogen and oxygen atoms in total. The van der Waals surface area contributed by atoms with Gasteiger partial charge in [-0.1, -0.05) is 17.7 Å². The van der Waals surface area contributed by atoms with E-state index in [0.29, 0.717) is 37.4 Å². The summed E-state index contributed by atoms with van der Waals surface area (Å²) < 4.78 is 31.0. The SMILES string of the molecule is Cc1ccc(OCCN(C)C(=O)c2ccc(N3CCCS3(=O)=O)cc2)cc1. The van der Waals surface area contributed by atoms with Crippen LogP contribution in [0.4, 0.5) is 5.69 Å². The van der Waals surface area contributed by atoms with Crippen LogP contribution in [0, 0.1) is 6.92 Å². The Morgan fingerprint density at radius 3 is 2.37 bits per heavy atom. The second-order valence-electron chi connectivity index (χ2n) is 6.68. The van der Waals surface area contributed by atoms with Crippen LogP contribution in [0.5, 0.6) is 5.75 Å². The molecule has 1 amide bonds. The molecule has 0 bridgehead atoms. The molecule has 1 heterocycles. The number of carbonyl (C=O) groups is 1. The molecule has 1 aliphatic rings. The van der Waals surface area contributed by atoms with Gasteiger partial charge < -0.3 is 9.64 Å². The van der Waals surface area contributed by atoms with E-state index in [1.807, 2.05) is 31.2 Å². The zero-order valence-corrected chi connectivity index (χ0v) is 16.4. The van der Waals surface area contributed by atoms with Gasteiger partial charge in [-0.2, -0.15) is 0 Å². The van der Waals surface area contributed by atoms with Crippen molar-refractivity contribution in [3.8, 4) is 5.75 Å². The van der Waals surface area contributed by atoms with E-state index in [1.54, 1.807) is 36.2 Å². The van der Waals surface area contributed by atoms with Crippen molar-refractivity contribution < 1.29 is 17.9 Å². The topological polar surface area (TPSA) is 66.9 Å². The van der Waals surface area contributed by atoms with Crippen molar-refractivity contribution in [3.05, 3.63) is 59.7 Å². The van der Waals surface area contributed by atoms with Gasteiger partial charge in [0.2, 0.25) is 10.0 Å². The molecule has 1 fully saturated rings. The lowest BCUT2D eigenvalue weighted by atomic mass is 10.2. The Kier molecular flexibility index (Phi) is 5.70. The first-order valence-electron chi connectivity index (χ1n) is 8.92. The fourth-order valence-corrected chi connectivity index (χ4v) is 4.52. The van der Waals surface area contributed by atoms with Gasteiger partial charge in [-0.3, -0.25) is 9.10 Å². The van der Waals surface area contributed by atoms with E-state index in [0.717, 1.165) is 5.75 Å². The molecule has 27 heavy (non-hydrogen) atoms. The minimum Gasteiger partial charge on any atom is -0.492 e. The zero-order chi connectivity index (χ0) is 19.4. The summed E-state index contributed by atoms with van der Waals surface area (Å²) in [7, 11) is -1.49. The quantitative estimate of drug-likeness (QED) is 0.763. The second kappa shape index (κ2) is 8.00. The lowest BCUT2D eigenvalue weighted by molar-refractivity contribution is 0.0774. The lowest BCUT2D eigenvalue weighted by Gasteiger charge is -2.19. The van der Waals surface area contributed by atoms with E-state index in [-0.39, 0.29) is 11.7 Å². The highest BCUT2D eigenvalue weighted by atomic mass is 32.2. The van der Waals surface area contributed by atoms with E-state index in [9.17, 15) is 13.2 Å². The number of nitrogens with zero attached hydrogens (tertiary/aromatic N) is 2. The summed E-state index contributed by atoms with van der Waals surface area (Å²) in [5, 5.41) is 0. The maximum absolute atomic E-state index is 12.5. The second-order valence-corrected chi connectivity index (χ2v) is 8.69. The molecule has 0 unspecified atom stereocenters. The Morgan fingerprint density at radius 2 is 1.78 bits per heavy atom. The minimum atomic E-state index is -3.21. The lowest BCUT2D eigenvalue weighted by Crippen LogP contribution is -2.31. The summed E-state index contributed by atoms with van der Waals surface area (Å²) in [5.74, 6) is 0.827. The average molecular weight is 388 g/mol. The van der Waals surface area contributed by atoms with Crippen LogP contribution in [0.2, 0.25) is 0 Å². The van der Waals surface area contributed by atoms with Gasteiger partial charge in [0.05, 0.1) is 18.0 Å². The Bertz CT molecular complexity index is 893. The maximum atomic E-state index is 12.5. The number of anilines is 1. The Labute approximate surface area is 160 Å². The number of rotatable bonds is 6. The van der Waals surface area contributed by atoms with E-state index in [1.165, 1.54) is 9.87 Å². The van der Waals surface area contributed by atoms with Crippen molar-refractivity contribution >= 4 is 21.6 Å². The third kappa shape index (κ3) is 4.60. The van der Waals surface area contributed by atoms with Crippen molar-refractivity contribution in [1.82, 2.24) is 4.90 Å². The van der Waals surface area contributed by atoms with Gasteiger partial charge in [-0.25, -0.2) is 8.42 Å². The van der Waals surface area contributed by atoms with E-state index in [2.05, 4.69) is 0 Å². The molecule has 0 N–H and O–H groups in total. The number of aryl methyl sites for hydroxylation is 1. The van der Waals surface area contributed by atoms with Crippen LogP contribution < -0.4 is 9.04 Å².